The van der Waals surface area contributed by atoms with Crippen molar-refractivity contribution in [1.29, 1.82) is 0 Å². The van der Waals surface area contributed by atoms with E-state index in [1.165, 1.54) is 5.56 Å². The Kier molecular flexibility index (Phi) is 1.88. The van der Waals surface area contributed by atoms with E-state index in [4.69, 9.17) is 0 Å². The quantitative estimate of drug-likeness (QED) is 0.641. The molecule has 0 amide bonds. The number of benzene rings is 1. The van der Waals surface area contributed by atoms with Crippen LogP contribution < -0.4 is 0 Å². The lowest BCUT2D eigenvalue weighted by Crippen LogP contribution is -1.96. The first-order valence-electron chi connectivity index (χ1n) is 4.52. The summed E-state index contributed by atoms with van der Waals surface area (Å²) in [5, 5.41) is 0. The van der Waals surface area contributed by atoms with Crippen molar-refractivity contribution in [2.75, 3.05) is 0 Å². The first-order valence-corrected chi connectivity index (χ1v) is 4.52. The molecule has 3 heteroatoms. The van der Waals surface area contributed by atoms with Gasteiger partial charge in [0.15, 0.2) is 12.1 Å². The molecule has 0 fully saturated rings. The molecule has 0 radical (unpaired) electrons. The van der Waals surface area contributed by atoms with Gasteiger partial charge in [-0.15, -0.1) is 0 Å². The molecule has 1 aromatic heterocycles. The van der Waals surface area contributed by atoms with Gasteiger partial charge in [0.2, 0.25) is 0 Å². The standard InChI is InChI=1S/C11H12N2O/c1-7-4-8(2)11-9(5-7)12-10(6-14)13(11)3/h4-6H,1-3H3. The predicted molar refractivity (Wildman–Crippen MR) is 55.6 cm³/mol. The summed E-state index contributed by atoms with van der Waals surface area (Å²) in [5.74, 6) is 0.480. The number of hydrogen-bond donors (Lipinski definition) is 0. The summed E-state index contributed by atoms with van der Waals surface area (Å²) >= 11 is 0. The van der Waals surface area contributed by atoms with Gasteiger partial charge in [-0.25, -0.2) is 4.98 Å². The number of carbonyl (C=O) groups excluding carboxylic acids is 1. The lowest BCUT2D eigenvalue weighted by atomic mass is 10.1. The zero-order chi connectivity index (χ0) is 10.3. The van der Waals surface area contributed by atoms with Crippen molar-refractivity contribution >= 4 is 17.3 Å². The van der Waals surface area contributed by atoms with Gasteiger partial charge in [-0.1, -0.05) is 6.07 Å². The van der Waals surface area contributed by atoms with E-state index in [1.807, 2.05) is 31.5 Å². The SMILES string of the molecule is Cc1cc(C)c2c(c1)nc(C=O)n2C. The van der Waals surface area contributed by atoms with Crippen molar-refractivity contribution < 1.29 is 4.79 Å². The second kappa shape index (κ2) is 2.94. The molecule has 2 aromatic rings. The molecule has 3 nitrogen and oxygen atoms in total. The molecule has 1 heterocycles. The van der Waals surface area contributed by atoms with Crippen molar-refractivity contribution in [3.05, 3.63) is 29.1 Å². The minimum absolute atomic E-state index is 0.480. The molecule has 0 saturated carbocycles. The van der Waals surface area contributed by atoms with Gasteiger partial charge in [-0.3, -0.25) is 4.79 Å². The van der Waals surface area contributed by atoms with Gasteiger partial charge in [0.1, 0.15) is 0 Å². The summed E-state index contributed by atoms with van der Waals surface area (Å²) in [6, 6.07) is 4.09. The van der Waals surface area contributed by atoms with E-state index in [-0.39, 0.29) is 0 Å². The molecule has 0 saturated heterocycles. The van der Waals surface area contributed by atoms with E-state index in [0.29, 0.717) is 5.82 Å². The number of hydrogen-bond acceptors (Lipinski definition) is 2. The molecule has 2 rings (SSSR count). The van der Waals surface area contributed by atoms with Crippen molar-refractivity contribution in [2.24, 2.45) is 7.05 Å². The summed E-state index contributed by atoms with van der Waals surface area (Å²) in [4.78, 5) is 15.0. The van der Waals surface area contributed by atoms with Crippen LogP contribution in [-0.4, -0.2) is 15.8 Å². The van der Waals surface area contributed by atoms with Crippen LogP contribution in [0.2, 0.25) is 0 Å². The number of imidazole rings is 1. The fourth-order valence-electron chi connectivity index (χ4n) is 1.88. The molecule has 72 valence electrons. The van der Waals surface area contributed by atoms with Gasteiger partial charge < -0.3 is 4.57 Å². The third-order valence-corrected chi connectivity index (χ3v) is 2.44. The molecule has 0 aliphatic rings. The minimum atomic E-state index is 0.480. The summed E-state index contributed by atoms with van der Waals surface area (Å²) in [6.07, 6.45) is 0.786. The highest BCUT2D eigenvalue weighted by atomic mass is 16.1. The largest absolute Gasteiger partial charge is 0.325 e. The zero-order valence-corrected chi connectivity index (χ0v) is 8.53. The average Bonchev–Trinajstić information content (AvgIpc) is 2.42. The third kappa shape index (κ3) is 1.13. The molecule has 0 bridgehead atoms. The Labute approximate surface area is 82.4 Å². The van der Waals surface area contributed by atoms with Gasteiger partial charge >= 0.3 is 0 Å². The number of carbonyl (C=O) groups is 1. The van der Waals surface area contributed by atoms with Gasteiger partial charge in [-0.2, -0.15) is 0 Å². The lowest BCUT2D eigenvalue weighted by Gasteiger charge is -2.01. The molecule has 1 aromatic carbocycles. The number of nitrogens with zero attached hydrogens (tertiary/aromatic N) is 2. The van der Waals surface area contributed by atoms with Gasteiger partial charge in [0.25, 0.3) is 0 Å². The maximum absolute atomic E-state index is 10.7. The molecule has 0 aliphatic carbocycles. The van der Waals surface area contributed by atoms with Gasteiger partial charge in [0, 0.05) is 7.05 Å². The molecular weight excluding hydrogens is 176 g/mol. The molecule has 0 aliphatic heterocycles. The maximum atomic E-state index is 10.7. The van der Waals surface area contributed by atoms with Crippen LogP contribution in [0.25, 0.3) is 11.0 Å². The van der Waals surface area contributed by atoms with Crippen LogP contribution in [0.5, 0.6) is 0 Å². The Morgan fingerprint density at radius 1 is 1.36 bits per heavy atom. The molecular formula is C11H12N2O. The Morgan fingerprint density at radius 2 is 2.07 bits per heavy atom. The van der Waals surface area contributed by atoms with Crippen LogP contribution in [0.3, 0.4) is 0 Å². The first kappa shape index (κ1) is 8.94. The predicted octanol–water partition coefficient (Wildman–Crippen LogP) is 2.00. The van der Waals surface area contributed by atoms with E-state index in [1.54, 1.807) is 0 Å². The van der Waals surface area contributed by atoms with Crippen LogP contribution in [0.1, 0.15) is 21.7 Å². The van der Waals surface area contributed by atoms with Gasteiger partial charge in [-0.05, 0) is 31.0 Å². The Bertz CT molecular complexity index is 511. The van der Waals surface area contributed by atoms with Crippen molar-refractivity contribution in [3.63, 3.8) is 0 Å². The molecule has 0 N–H and O–H groups in total. The highest BCUT2D eigenvalue weighted by molar-refractivity contribution is 5.85. The number of aldehydes is 1. The zero-order valence-electron chi connectivity index (χ0n) is 8.53. The Balaban J connectivity index is 2.92. The lowest BCUT2D eigenvalue weighted by molar-refractivity contribution is 0.111. The van der Waals surface area contributed by atoms with E-state index < -0.39 is 0 Å². The normalized spacial score (nSPS) is 10.8. The maximum Gasteiger partial charge on any atom is 0.185 e. The van der Waals surface area contributed by atoms with E-state index in [9.17, 15) is 4.79 Å². The van der Waals surface area contributed by atoms with Crippen LogP contribution >= 0.6 is 0 Å². The smallest absolute Gasteiger partial charge is 0.185 e. The fraction of sp³-hybridized carbons (Fsp3) is 0.273. The number of fused-ring (bicyclic) bond motifs is 1. The van der Waals surface area contributed by atoms with Crippen molar-refractivity contribution in [3.8, 4) is 0 Å². The fourth-order valence-corrected chi connectivity index (χ4v) is 1.88. The number of aromatic nitrogens is 2. The van der Waals surface area contributed by atoms with Crippen LogP contribution in [0.15, 0.2) is 12.1 Å². The first-order chi connectivity index (χ1) is 6.63. The second-order valence-corrected chi connectivity index (χ2v) is 3.60. The summed E-state index contributed by atoms with van der Waals surface area (Å²) in [7, 11) is 1.86. The van der Waals surface area contributed by atoms with E-state index in [2.05, 4.69) is 11.1 Å². The van der Waals surface area contributed by atoms with Crippen LogP contribution in [0.4, 0.5) is 0 Å². The highest BCUT2D eigenvalue weighted by Gasteiger charge is 2.08. The Morgan fingerprint density at radius 3 is 2.71 bits per heavy atom. The molecule has 0 atom stereocenters. The summed E-state index contributed by atoms with van der Waals surface area (Å²) < 4.78 is 1.83. The molecule has 0 spiro atoms. The Hall–Kier alpha value is -1.64. The second-order valence-electron chi connectivity index (χ2n) is 3.60. The monoisotopic (exact) mass is 188 g/mol. The summed E-state index contributed by atoms with van der Waals surface area (Å²) in [5.41, 5.74) is 4.26. The van der Waals surface area contributed by atoms with Gasteiger partial charge in [0.05, 0.1) is 11.0 Å². The summed E-state index contributed by atoms with van der Waals surface area (Å²) in [6.45, 7) is 4.06. The molecule has 0 unspecified atom stereocenters. The highest BCUT2D eigenvalue weighted by Crippen LogP contribution is 2.20. The third-order valence-electron chi connectivity index (χ3n) is 2.44. The van der Waals surface area contributed by atoms with Crippen LogP contribution in [0, 0.1) is 13.8 Å². The minimum Gasteiger partial charge on any atom is -0.325 e. The average molecular weight is 188 g/mol. The van der Waals surface area contributed by atoms with Crippen molar-refractivity contribution in [1.82, 2.24) is 9.55 Å². The number of rotatable bonds is 1. The van der Waals surface area contributed by atoms with Crippen LogP contribution in [-0.2, 0) is 7.05 Å². The van der Waals surface area contributed by atoms with Crippen molar-refractivity contribution in [2.45, 2.75) is 13.8 Å². The van der Waals surface area contributed by atoms with E-state index in [0.717, 1.165) is 22.9 Å². The molecule has 14 heavy (non-hydrogen) atoms. The van der Waals surface area contributed by atoms with E-state index >= 15 is 0 Å². The number of aryl methyl sites for hydroxylation is 3. The topological polar surface area (TPSA) is 34.9 Å².